The first kappa shape index (κ1) is 16.3. The zero-order chi connectivity index (χ0) is 14.3. The number of fused-ring (bicyclic) bond motifs is 2. The molecule has 0 radical (unpaired) electrons. The van der Waals surface area contributed by atoms with Gasteiger partial charge in [0.2, 0.25) is 0 Å². The summed E-state index contributed by atoms with van der Waals surface area (Å²) in [5.41, 5.74) is 1.55. The summed E-state index contributed by atoms with van der Waals surface area (Å²) in [6, 6.07) is 2.97. The maximum atomic E-state index is 12.6. The topological polar surface area (TPSA) is 61.0 Å². The van der Waals surface area contributed by atoms with Crippen molar-refractivity contribution < 1.29 is 4.79 Å². The van der Waals surface area contributed by atoms with Crippen LogP contribution < -0.4 is 5.32 Å². The van der Waals surface area contributed by atoms with E-state index in [-0.39, 0.29) is 23.7 Å². The van der Waals surface area contributed by atoms with Crippen LogP contribution >= 0.6 is 12.4 Å². The smallest absolute Gasteiger partial charge is 0.274 e. The average molecular weight is 313 g/mol. The number of nitrogens with one attached hydrogen (secondary N) is 2. The average Bonchev–Trinajstić information content (AvgIpc) is 2.94. The van der Waals surface area contributed by atoms with Crippen LogP contribution in [0.2, 0.25) is 0 Å². The molecule has 2 N–H and O–H groups in total. The highest BCUT2D eigenvalue weighted by Crippen LogP contribution is 2.23. The van der Waals surface area contributed by atoms with Gasteiger partial charge in [-0.2, -0.15) is 5.10 Å². The molecule has 118 valence electrons. The van der Waals surface area contributed by atoms with Crippen LogP contribution in [0.15, 0.2) is 6.07 Å². The number of hydrogen-bond acceptors (Lipinski definition) is 3. The Hall–Kier alpha value is -1.07. The van der Waals surface area contributed by atoms with Crippen LogP contribution in [0.3, 0.4) is 0 Å². The van der Waals surface area contributed by atoms with E-state index in [2.05, 4.69) is 36.3 Å². The third kappa shape index (κ3) is 3.40. The highest BCUT2D eigenvalue weighted by atomic mass is 35.5. The summed E-state index contributed by atoms with van der Waals surface area (Å²) < 4.78 is 0. The fourth-order valence-electron chi connectivity index (χ4n) is 3.10. The summed E-state index contributed by atoms with van der Waals surface area (Å²) in [5, 5.41) is 10.8. The number of aromatic amines is 1. The van der Waals surface area contributed by atoms with Crippen molar-refractivity contribution >= 4 is 18.3 Å². The van der Waals surface area contributed by atoms with Crippen molar-refractivity contribution in [1.82, 2.24) is 20.4 Å². The number of carbonyl (C=O) groups is 1. The molecule has 2 fully saturated rings. The number of halogens is 1. The number of H-pyrrole nitrogens is 1. The maximum Gasteiger partial charge on any atom is 0.274 e. The van der Waals surface area contributed by atoms with E-state index >= 15 is 0 Å². The summed E-state index contributed by atoms with van der Waals surface area (Å²) in [6.45, 7) is 7.99. The van der Waals surface area contributed by atoms with Crippen molar-refractivity contribution in [2.24, 2.45) is 0 Å². The molecule has 1 aromatic heterocycles. The molecule has 2 aliphatic heterocycles. The van der Waals surface area contributed by atoms with Gasteiger partial charge in [-0.25, -0.2) is 0 Å². The predicted octanol–water partition coefficient (Wildman–Crippen LogP) is 2.10. The molecule has 6 heteroatoms. The van der Waals surface area contributed by atoms with E-state index < -0.39 is 0 Å². The van der Waals surface area contributed by atoms with Crippen LogP contribution in [0.5, 0.6) is 0 Å². The number of carbonyl (C=O) groups excluding carboxylic acids is 1. The molecule has 0 aliphatic carbocycles. The Labute approximate surface area is 132 Å². The SMILES string of the molecule is CC(C)(C)c1cc(C(=O)N2CCC3CCC(C2)N3)n[nH]1.Cl. The fraction of sp³-hybridized carbons (Fsp3) is 0.733. The maximum absolute atomic E-state index is 12.6. The van der Waals surface area contributed by atoms with Gasteiger partial charge in [-0.05, 0) is 25.3 Å². The Bertz CT molecular complexity index is 508. The molecular weight excluding hydrogens is 288 g/mol. The van der Waals surface area contributed by atoms with Crippen molar-refractivity contribution in [2.45, 2.75) is 57.5 Å². The van der Waals surface area contributed by atoms with E-state index in [0.717, 1.165) is 25.2 Å². The predicted molar refractivity (Wildman–Crippen MR) is 85.0 cm³/mol. The van der Waals surface area contributed by atoms with Gasteiger partial charge < -0.3 is 10.2 Å². The first-order valence-electron chi connectivity index (χ1n) is 7.55. The number of rotatable bonds is 1. The summed E-state index contributed by atoms with van der Waals surface area (Å²) in [5.74, 6) is 0.0612. The first-order valence-corrected chi connectivity index (χ1v) is 7.55. The minimum Gasteiger partial charge on any atom is -0.336 e. The van der Waals surface area contributed by atoms with Crippen LogP contribution in [0.25, 0.3) is 0 Å². The molecular formula is C15H25ClN4O. The van der Waals surface area contributed by atoms with Crippen LogP contribution in [0.1, 0.15) is 56.2 Å². The van der Waals surface area contributed by atoms with E-state index in [1.807, 2.05) is 11.0 Å². The van der Waals surface area contributed by atoms with E-state index in [0.29, 0.717) is 17.8 Å². The van der Waals surface area contributed by atoms with Gasteiger partial charge in [-0.15, -0.1) is 12.4 Å². The second-order valence-corrected chi connectivity index (χ2v) is 7.09. The highest BCUT2D eigenvalue weighted by Gasteiger charge is 2.32. The highest BCUT2D eigenvalue weighted by molar-refractivity contribution is 5.92. The van der Waals surface area contributed by atoms with Gasteiger partial charge >= 0.3 is 0 Å². The monoisotopic (exact) mass is 312 g/mol. The molecule has 2 saturated heterocycles. The third-order valence-corrected chi connectivity index (χ3v) is 4.42. The molecule has 2 atom stereocenters. The Morgan fingerprint density at radius 1 is 1.29 bits per heavy atom. The molecule has 5 nitrogen and oxygen atoms in total. The lowest BCUT2D eigenvalue weighted by Crippen LogP contribution is -2.39. The van der Waals surface area contributed by atoms with Crippen LogP contribution in [-0.4, -0.2) is 46.2 Å². The van der Waals surface area contributed by atoms with Crippen LogP contribution in [0.4, 0.5) is 0 Å². The van der Waals surface area contributed by atoms with Gasteiger partial charge in [0.25, 0.3) is 5.91 Å². The zero-order valence-electron chi connectivity index (χ0n) is 13.0. The molecule has 3 rings (SSSR count). The lowest BCUT2D eigenvalue weighted by Gasteiger charge is -2.23. The molecule has 0 aromatic carbocycles. The zero-order valence-corrected chi connectivity index (χ0v) is 13.8. The molecule has 0 spiro atoms. The van der Waals surface area contributed by atoms with Gasteiger partial charge in [0.1, 0.15) is 5.69 Å². The minimum absolute atomic E-state index is 0. The third-order valence-electron chi connectivity index (χ3n) is 4.42. The first-order chi connectivity index (χ1) is 9.43. The van der Waals surface area contributed by atoms with Crippen molar-refractivity contribution in [3.8, 4) is 0 Å². The van der Waals surface area contributed by atoms with E-state index in [9.17, 15) is 4.79 Å². The second-order valence-electron chi connectivity index (χ2n) is 7.09. The van der Waals surface area contributed by atoms with Gasteiger partial charge in [0.05, 0.1) is 0 Å². The normalized spacial score (nSPS) is 25.4. The Morgan fingerprint density at radius 2 is 2.00 bits per heavy atom. The summed E-state index contributed by atoms with van der Waals surface area (Å²) in [4.78, 5) is 14.5. The van der Waals surface area contributed by atoms with Crippen molar-refractivity contribution in [1.29, 1.82) is 0 Å². The van der Waals surface area contributed by atoms with Crippen molar-refractivity contribution in [3.05, 3.63) is 17.5 Å². The molecule has 2 bridgehead atoms. The largest absolute Gasteiger partial charge is 0.336 e. The number of amides is 1. The van der Waals surface area contributed by atoms with Gasteiger partial charge in [0, 0.05) is 36.3 Å². The molecule has 2 unspecified atom stereocenters. The molecule has 21 heavy (non-hydrogen) atoms. The number of hydrogen-bond donors (Lipinski definition) is 2. The fourth-order valence-corrected chi connectivity index (χ4v) is 3.10. The number of nitrogens with zero attached hydrogens (tertiary/aromatic N) is 2. The van der Waals surface area contributed by atoms with E-state index in [1.54, 1.807) is 0 Å². The van der Waals surface area contributed by atoms with E-state index in [1.165, 1.54) is 12.8 Å². The Morgan fingerprint density at radius 3 is 2.67 bits per heavy atom. The lowest BCUT2D eigenvalue weighted by molar-refractivity contribution is 0.0742. The molecule has 1 aromatic rings. The minimum atomic E-state index is -0.00899. The molecule has 0 saturated carbocycles. The van der Waals surface area contributed by atoms with Crippen LogP contribution in [0, 0.1) is 0 Å². The molecule has 1 amide bonds. The number of likely N-dealkylation sites (tertiary alicyclic amines) is 1. The van der Waals surface area contributed by atoms with E-state index in [4.69, 9.17) is 0 Å². The number of aromatic nitrogens is 2. The van der Waals surface area contributed by atoms with Gasteiger partial charge in [0.15, 0.2) is 0 Å². The van der Waals surface area contributed by atoms with Crippen molar-refractivity contribution in [3.63, 3.8) is 0 Å². The lowest BCUT2D eigenvalue weighted by atomic mass is 9.92. The quantitative estimate of drug-likeness (QED) is 0.835. The summed E-state index contributed by atoms with van der Waals surface area (Å²) in [7, 11) is 0. The molecule has 3 heterocycles. The summed E-state index contributed by atoms with van der Waals surface area (Å²) in [6.07, 6.45) is 3.49. The van der Waals surface area contributed by atoms with Gasteiger partial charge in [-0.3, -0.25) is 9.89 Å². The summed E-state index contributed by atoms with van der Waals surface area (Å²) >= 11 is 0. The standard InChI is InChI=1S/C15H24N4O.ClH/c1-15(2,3)13-8-12(17-18-13)14(20)19-7-6-10-4-5-11(9-19)16-10;/h8,10-11,16H,4-7,9H2,1-3H3,(H,17,18);1H. The Kier molecular flexibility index (Phi) is 4.63. The molecule has 2 aliphatic rings. The second kappa shape index (κ2) is 5.97. The Balaban J connectivity index is 0.00000161. The van der Waals surface area contributed by atoms with Crippen LogP contribution in [-0.2, 0) is 5.41 Å². The van der Waals surface area contributed by atoms with Crippen molar-refractivity contribution in [2.75, 3.05) is 13.1 Å². The van der Waals surface area contributed by atoms with Gasteiger partial charge in [-0.1, -0.05) is 20.8 Å².